The zero-order valence-electron chi connectivity index (χ0n) is 28.2. The molecule has 14 unspecified atom stereocenters. The van der Waals surface area contributed by atoms with Crippen molar-refractivity contribution < 1.29 is 49.5 Å². The Kier molecular flexibility index (Phi) is 12.0. The lowest BCUT2D eigenvalue weighted by Gasteiger charge is -2.60. The minimum Gasteiger partial charge on any atom is -0.456 e. The number of Topliss-reactive ketones (excluding diaryl/α,β-unsaturated/α-hetero) is 1. The molecule has 0 aromatic carbocycles. The highest BCUT2D eigenvalue weighted by atomic mass is 16.6. The highest BCUT2D eigenvalue weighted by Gasteiger charge is 2.64. The van der Waals surface area contributed by atoms with Crippen LogP contribution >= 0.6 is 0 Å². The van der Waals surface area contributed by atoms with E-state index < -0.39 is 60.0 Å². The summed E-state index contributed by atoms with van der Waals surface area (Å²) < 4.78 is 19.9. The lowest BCUT2D eigenvalue weighted by molar-refractivity contribution is -0.708. The number of hydrogen-bond donors (Lipinski definition) is 6. The fraction of sp³-hybridized carbons (Fsp3) is 0.886. The van der Waals surface area contributed by atoms with E-state index >= 15 is 0 Å². The smallest absolute Gasteiger partial charge is 0.333 e. The van der Waals surface area contributed by atoms with Crippen molar-refractivity contribution in [1.82, 2.24) is 5.32 Å². The third kappa shape index (κ3) is 7.27. The second kappa shape index (κ2) is 15.4. The standard InChI is InChI=1S/C35H58N2O9/c1-5-19(3)34(43)45-27-15-25-31(42)30-26(41)14-24(18-39)44-33(30)29(21-8-7-9-23(40)13-21)32(25)46-35(27,4)22(17-38)12-20-10-11-28(36-6-2)37-16-20/h5,20-25,27-33,36-40,42H,6-18H2,1-4H3/p+1. The molecule has 5 fully saturated rings. The molecule has 5 aliphatic rings. The number of nitrogens with one attached hydrogen (secondary N) is 1. The Morgan fingerprint density at radius 1 is 1.17 bits per heavy atom. The first kappa shape index (κ1) is 35.9. The molecule has 2 aliphatic carbocycles. The third-order valence-corrected chi connectivity index (χ3v) is 12.2. The molecule has 14 atom stereocenters. The molecule has 262 valence electrons. The first-order chi connectivity index (χ1) is 22.0. The van der Waals surface area contributed by atoms with Crippen LogP contribution in [0.2, 0.25) is 0 Å². The lowest BCUT2D eigenvalue weighted by atomic mass is 9.57. The van der Waals surface area contributed by atoms with E-state index in [1.54, 1.807) is 19.9 Å². The first-order valence-corrected chi connectivity index (χ1v) is 17.9. The number of quaternary nitrogens is 1. The molecule has 2 saturated carbocycles. The predicted molar refractivity (Wildman–Crippen MR) is 169 cm³/mol. The van der Waals surface area contributed by atoms with Gasteiger partial charge in [-0.3, -0.25) is 10.1 Å². The maximum absolute atomic E-state index is 13.6. The number of hydrogen-bond acceptors (Lipinski definition) is 10. The number of fused-ring (bicyclic) bond motifs is 2. The van der Waals surface area contributed by atoms with Crippen LogP contribution in [0, 0.1) is 35.5 Å². The third-order valence-electron chi connectivity index (χ3n) is 12.2. The molecule has 5 rings (SSSR count). The van der Waals surface area contributed by atoms with Crippen LogP contribution in [0.3, 0.4) is 0 Å². The molecule has 0 aromatic heterocycles. The van der Waals surface area contributed by atoms with Gasteiger partial charge in [0.15, 0.2) is 0 Å². The van der Waals surface area contributed by atoms with Crippen LogP contribution in [0.25, 0.3) is 0 Å². The molecule has 0 spiro atoms. The summed E-state index contributed by atoms with van der Waals surface area (Å²) in [5.41, 5.74) is -0.615. The average Bonchev–Trinajstić information content (AvgIpc) is 3.04. The molecule has 0 bridgehead atoms. The molecular weight excluding hydrogens is 592 g/mol. The summed E-state index contributed by atoms with van der Waals surface area (Å²) in [7, 11) is 0. The molecular formula is C35H59N2O9+. The van der Waals surface area contributed by atoms with Crippen LogP contribution in [0.15, 0.2) is 11.6 Å². The van der Waals surface area contributed by atoms with Crippen LogP contribution in [-0.4, -0.2) is 107 Å². The van der Waals surface area contributed by atoms with Gasteiger partial charge in [0, 0.05) is 48.7 Å². The second-order valence-electron chi connectivity index (χ2n) is 15.0. The number of nitrogens with two attached hydrogens (primary N) is 1. The highest BCUT2D eigenvalue weighted by Crippen LogP contribution is 2.54. The number of carbonyl (C=O) groups is 2. The van der Waals surface area contributed by atoms with Gasteiger partial charge in [0.25, 0.3) is 0 Å². The van der Waals surface area contributed by atoms with Crippen molar-refractivity contribution in [2.45, 2.75) is 134 Å². The maximum atomic E-state index is 13.6. The molecule has 3 saturated heterocycles. The topological polar surface area (TPSA) is 171 Å². The molecule has 0 aromatic rings. The Bertz CT molecular complexity index is 1080. The molecule has 11 heteroatoms. The molecule has 7 N–H and O–H groups in total. The zero-order valence-corrected chi connectivity index (χ0v) is 28.2. The fourth-order valence-electron chi connectivity index (χ4n) is 9.46. The summed E-state index contributed by atoms with van der Waals surface area (Å²) in [4.78, 5) is 26.8. The first-order valence-electron chi connectivity index (χ1n) is 17.9. The number of ketones is 1. The highest BCUT2D eigenvalue weighted by molar-refractivity contribution is 5.87. The summed E-state index contributed by atoms with van der Waals surface area (Å²) in [6, 6.07) is 0. The quantitative estimate of drug-likeness (QED) is 0.147. The molecule has 3 aliphatic heterocycles. The second-order valence-corrected chi connectivity index (χ2v) is 15.0. The maximum Gasteiger partial charge on any atom is 0.333 e. The summed E-state index contributed by atoms with van der Waals surface area (Å²) in [6.45, 7) is 8.92. The number of carbonyl (C=O) groups excluding carboxylic acids is 2. The summed E-state index contributed by atoms with van der Waals surface area (Å²) in [5.74, 6) is -2.23. The predicted octanol–water partition coefficient (Wildman–Crippen LogP) is 0.813. The zero-order chi connectivity index (χ0) is 33.2. The van der Waals surface area contributed by atoms with E-state index in [0.717, 1.165) is 38.8 Å². The van der Waals surface area contributed by atoms with Gasteiger partial charge in [-0.2, -0.15) is 0 Å². The SMILES string of the molecule is CC=C(C)C(=O)OC1CC2C(O)C3C(=O)CC(CO)OC3C(C3CCCC(O)C3)C2OC1(C)C(CO)CC1CCC(NCC)[NH2+]C1. The number of esters is 1. The van der Waals surface area contributed by atoms with Gasteiger partial charge >= 0.3 is 5.97 Å². The van der Waals surface area contributed by atoms with Crippen molar-refractivity contribution in [3.8, 4) is 0 Å². The van der Waals surface area contributed by atoms with E-state index in [0.29, 0.717) is 36.9 Å². The van der Waals surface area contributed by atoms with Crippen LogP contribution in [-0.2, 0) is 23.8 Å². The molecule has 0 amide bonds. The van der Waals surface area contributed by atoms with Crippen molar-refractivity contribution in [3.63, 3.8) is 0 Å². The number of aliphatic hydroxyl groups excluding tert-OH is 4. The van der Waals surface area contributed by atoms with Gasteiger partial charge in [-0.05, 0) is 71.8 Å². The van der Waals surface area contributed by atoms with E-state index in [2.05, 4.69) is 17.6 Å². The van der Waals surface area contributed by atoms with Crippen LogP contribution < -0.4 is 10.6 Å². The monoisotopic (exact) mass is 651 g/mol. The van der Waals surface area contributed by atoms with E-state index in [9.17, 15) is 30.0 Å². The normalized spacial score (nSPS) is 44.2. The van der Waals surface area contributed by atoms with Crippen molar-refractivity contribution in [3.05, 3.63) is 11.6 Å². The molecule has 3 heterocycles. The summed E-state index contributed by atoms with van der Waals surface area (Å²) in [5, 5.41) is 49.5. The lowest BCUT2D eigenvalue weighted by Crippen LogP contribution is -2.95. The van der Waals surface area contributed by atoms with Crippen molar-refractivity contribution in [2.75, 3.05) is 26.3 Å². The van der Waals surface area contributed by atoms with Gasteiger partial charge in [-0.25, -0.2) is 4.79 Å². The van der Waals surface area contributed by atoms with Gasteiger partial charge in [0.1, 0.15) is 23.7 Å². The van der Waals surface area contributed by atoms with Crippen molar-refractivity contribution in [1.29, 1.82) is 0 Å². The number of allylic oxidation sites excluding steroid dienone is 1. The summed E-state index contributed by atoms with van der Waals surface area (Å²) in [6.07, 6.45) is 3.88. The number of piperidine rings is 1. The fourth-order valence-corrected chi connectivity index (χ4v) is 9.46. The average molecular weight is 652 g/mol. The van der Waals surface area contributed by atoms with E-state index in [-0.39, 0.29) is 49.6 Å². The Labute approximate surface area is 273 Å². The van der Waals surface area contributed by atoms with Gasteiger partial charge in [0.2, 0.25) is 0 Å². The van der Waals surface area contributed by atoms with Gasteiger partial charge in [0.05, 0.1) is 49.6 Å². The van der Waals surface area contributed by atoms with E-state index in [1.165, 1.54) is 0 Å². The number of ether oxygens (including phenoxy) is 3. The minimum atomic E-state index is -1.08. The molecule has 11 nitrogen and oxygen atoms in total. The van der Waals surface area contributed by atoms with Crippen LogP contribution in [0.5, 0.6) is 0 Å². The Balaban J connectivity index is 1.50. The Morgan fingerprint density at radius 2 is 1.96 bits per heavy atom. The molecule has 46 heavy (non-hydrogen) atoms. The van der Waals surface area contributed by atoms with Crippen molar-refractivity contribution >= 4 is 11.8 Å². The number of rotatable bonds is 10. The van der Waals surface area contributed by atoms with E-state index in [1.807, 2.05) is 6.92 Å². The Morgan fingerprint density at radius 3 is 2.59 bits per heavy atom. The van der Waals surface area contributed by atoms with Crippen molar-refractivity contribution in [2.24, 2.45) is 35.5 Å². The molecule has 0 radical (unpaired) electrons. The number of aliphatic hydroxyl groups is 4. The van der Waals surface area contributed by atoms with Gasteiger partial charge in [-0.1, -0.05) is 19.4 Å². The summed E-state index contributed by atoms with van der Waals surface area (Å²) >= 11 is 0. The van der Waals surface area contributed by atoms with Gasteiger partial charge < -0.3 is 40.0 Å². The minimum absolute atomic E-state index is 0.0152. The van der Waals surface area contributed by atoms with E-state index in [4.69, 9.17) is 14.2 Å². The largest absolute Gasteiger partial charge is 0.456 e. The van der Waals surface area contributed by atoms with Gasteiger partial charge in [-0.15, -0.1) is 0 Å². The Hall–Kier alpha value is -1.44. The van der Waals surface area contributed by atoms with Crippen LogP contribution in [0.1, 0.15) is 85.5 Å². The van der Waals surface area contributed by atoms with Crippen LogP contribution in [0.4, 0.5) is 0 Å².